The Morgan fingerprint density at radius 2 is 2.31 bits per heavy atom. The van der Waals surface area contributed by atoms with Gasteiger partial charge in [0.2, 0.25) is 0 Å². The van der Waals surface area contributed by atoms with Gasteiger partial charge in [0.25, 0.3) is 0 Å². The number of hydrogen-bond acceptors (Lipinski definition) is 4. The Labute approximate surface area is 77.2 Å². The van der Waals surface area contributed by atoms with Gasteiger partial charge in [0, 0.05) is 24.7 Å². The predicted octanol–water partition coefficient (Wildman–Crippen LogP) is 1.74. The van der Waals surface area contributed by atoms with Crippen LogP contribution in [-0.4, -0.2) is 22.9 Å². The smallest absolute Gasteiger partial charge is 0.129 e. The first kappa shape index (κ1) is 8.29. The van der Waals surface area contributed by atoms with E-state index in [0.29, 0.717) is 6.04 Å². The molecule has 1 aromatic heterocycles. The highest BCUT2D eigenvalue weighted by molar-refractivity contribution is 5.83. The van der Waals surface area contributed by atoms with Crippen LogP contribution >= 0.6 is 0 Å². The fourth-order valence-corrected chi connectivity index (χ4v) is 1.72. The van der Waals surface area contributed by atoms with Crippen LogP contribution < -0.4 is 0 Å². The molecule has 0 saturated heterocycles. The van der Waals surface area contributed by atoms with Gasteiger partial charge in [-0.25, -0.2) is 0 Å². The van der Waals surface area contributed by atoms with E-state index in [4.69, 9.17) is 4.52 Å². The summed E-state index contributed by atoms with van der Waals surface area (Å²) in [5.74, 6) is 0. The van der Waals surface area contributed by atoms with Crippen molar-refractivity contribution in [3.63, 3.8) is 0 Å². The summed E-state index contributed by atoms with van der Waals surface area (Å²) in [5.41, 5.74) is 3.26. The predicted molar refractivity (Wildman–Crippen MR) is 49.5 cm³/mol. The van der Waals surface area contributed by atoms with Crippen LogP contribution in [0.1, 0.15) is 30.6 Å². The quantitative estimate of drug-likeness (QED) is 0.659. The van der Waals surface area contributed by atoms with Crippen LogP contribution in [-0.2, 0) is 0 Å². The molecule has 2 rings (SSSR count). The molecule has 0 N–H and O–H groups in total. The zero-order chi connectivity index (χ0) is 9.42. The average Bonchev–Trinajstić information content (AvgIpc) is 2.58. The van der Waals surface area contributed by atoms with Crippen LogP contribution in [0.4, 0.5) is 0 Å². The number of aromatic nitrogens is 1. The summed E-state index contributed by atoms with van der Waals surface area (Å²) < 4.78 is 4.91. The normalized spacial score (nSPS) is 22.2. The first-order valence-corrected chi connectivity index (χ1v) is 4.36. The molecule has 0 radical (unpaired) electrons. The van der Waals surface area contributed by atoms with Gasteiger partial charge in [-0.1, -0.05) is 5.16 Å². The van der Waals surface area contributed by atoms with E-state index in [1.807, 2.05) is 25.9 Å². The molecule has 0 fully saturated rings. The lowest BCUT2D eigenvalue weighted by atomic mass is 10.0. The molecule has 2 heterocycles. The molecule has 4 nitrogen and oxygen atoms in total. The second kappa shape index (κ2) is 2.87. The summed E-state index contributed by atoms with van der Waals surface area (Å²) in [5, 5.41) is 10.2. The van der Waals surface area contributed by atoms with E-state index in [1.165, 1.54) is 0 Å². The second-order valence-corrected chi connectivity index (χ2v) is 3.48. The SMILES string of the molecule is CC1=NN(C)C(c2conc2C)C1. The Hall–Kier alpha value is -1.32. The zero-order valence-electron chi connectivity index (χ0n) is 8.11. The summed E-state index contributed by atoms with van der Waals surface area (Å²) >= 11 is 0. The van der Waals surface area contributed by atoms with Gasteiger partial charge in [-0.05, 0) is 13.8 Å². The van der Waals surface area contributed by atoms with E-state index >= 15 is 0 Å². The van der Waals surface area contributed by atoms with Crippen molar-refractivity contribution in [1.82, 2.24) is 10.2 Å². The summed E-state index contributed by atoms with van der Waals surface area (Å²) in [4.78, 5) is 0. The molecule has 0 saturated carbocycles. The van der Waals surface area contributed by atoms with Crippen LogP contribution in [0, 0.1) is 6.92 Å². The van der Waals surface area contributed by atoms with E-state index in [-0.39, 0.29) is 0 Å². The molecule has 1 aliphatic rings. The third-order valence-corrected chi connectivity index (χ3v) is 2.41. The second-order valence-electron chi connectivity index (χ2n) is 3.48. The van der Waals surface area contributed by atoms with Gasteiger partial charge < -0.3 is 4.52 Å². The fourth-order valence-electron chi connectivity index (χ4n) is 1.72. The van der Waals surface area contributed by atoms with Crippen molar-refractivity contribution in [3.05, 3.63) is 17.5 Å². The van der Waals surface area contributed by atoms with E-state index in [1.54, 1.807) is 6.26 Å². The average molecular weight is 179 g/mol. The van der Waals surface area contributed by atoms with Gasteiger partial charge in [0.1, 0.15) is 6.26 Å². The molecule has 1 atom stereocenters. The Morgan fingerprint density at radius 1 is 1.54 bits per heavy atom. The molecular weight excluding hydrogens is 166 g/mol. The molecule has 4 heteroatoms. The van der Waals surface area contributed by atoms with Crippen LogP contribution in [0.3, 0.4) is 0 Å². The summed E-state index contributed by atoms with van der Waals surface area (Å²) in [7, 11) is 1.98. The van der Waals surface area contributed by atoms with Gasteiger partial charge in [-0.2, -0.15) is 5.10 Å². The van der Waals surface area contributed by atoms with E-state index in [2.05, 4.69) is 10.3 Å². The molecule has 0 amide bonds. The van der Waals surface area contributed by atoms with Crippen LogP contribution in [0.5, 0.6) is 0 Å². The fraction of sp³-hybridized carbons (Fsp3) is 0.556. The first-order chi connectivity index (χ1) is 6.18. The van der Waals surface area contributed by atoms with Gasteiger partial charge >= 0.3 is 0 Å². The first-order valence-electron chi connectivity index (χ1n) is 4.36. The highest BCUT2D eigenvalue weighted by atomic mass is 16.5. The Kier molecular flexibility index (Phi) is 1.83. The minimum Gasteiger partial charge on any atom is -0.364 e. The topological polar surface area (TPSA) is 41.6 Å². The monoisotopic (exact) mass is 179 g/mol. The lowest BCUT2D eigenvalue weighted by Crippen LogP contribution is -2.14. The van der Waals surface area contributed by atoms with Gasteiger partial charge in [0.15, 0.2) is 0 Å². The van der Waals surface area contributed by atoms with Crippen LogP contribution in [0.2, 0.25) is 0 Å². The van der Waals surface area contributed by atoms with E-state index < -0.39 is 0 Å². The van der Waals surface area contributed by atoms with Gasteiger partial charge in [0.05, 0.1) is 11.7 Å². The van der Waals surface area contributed by atoms with E-state index in [0.717, 1.165) is 23.4 Å². The van der Waals surface area contributed by atoms with Gasteiger partial charge in [-0.15, -0.1) is 0 Å². The van der Waals surface area contributed by atoms with Crippen LogP contribution in [0.15, 0.2) is 15.9 Å². The molecule has 0 aromatic carbocycles. The minimum absolute atomic E-state index is 0.311. The number of nitrogens with zero attached hydrogens (tertiary/aromatic N) is 3. The van der Waals surface area contributed by atoms with Crippen molar-refractivity contribution in [2.24, 2.45) is 5.10 Å². The Balaban J connectivity index is 2.25. The van der Waals surface area contributed by atoms with Crippen LogP contribution in [0.25, 0.3) is 0 Å². The molecule has 0 spiro atoms. The summed E-state index contributed by atoms with van der Waals surface area (Å²) in [6.45, 7) is 4.00. The van der Waals surface area contributed by atoms with Gasteiger partial charge in [-0.3, -0.25) is 5.01 Å². The maximum absolute atomic E-state index is 4.91. The Bertz CT molecular complexity index is 342. The molecule has 13 heavy (non-hydrogen) atoms. The molecular formula is C9H13N3O. The standard InChI is InChI=1S/C9H13N3O/c1-6-4-9(12(3)10-6)8-5-13-11-7(8)2/h5,9H,4H2,1-3H3. The molecule has 1 unspecified atom stereocenters. The summed E-state index contributed by atoms with van der Waals surface area (Å²) in [6, 6.07) is 0.311. The lowest BCUT2D eigenvalue weighted by Gasteiger charge is -2.17. The molecule has 1 aromatic rings. The van der Waals surface area contributed by atoms with E-state index in [9.17, 15) is 0 Å². The Morgan fingerprint density at radius 3 is 2.77 bits per heavy atom. The largest absolute Gasteiger partial charge is 0.364 e. The third kappa shape index (κ3) is 1.32. The highest BCUT2D eigenvalue weighted by Crippen LogP contribution is 2.30. The van der Waals surface area contributed by atoms with Crippen molar-refractivity contribution in [3.8, 4) is 0 Å². The molecule has 1 aliphatic heterocycles. The van der Waals surface area contributed by atoms with Crippen molar-refractivity contribution >= 4 is 5.71 Å². The molecule has 0 aliphatic carbocycles. The maximum atomic E-state index is 4.91. The molecule has 70 valence electrons. The molecule has 0 bridgehead atoms. The van der Waals surface area contributed by atoms with Crippen molar-refractivity contribution in [1.29, 1.82) is 0 Å². The summed E-state index contributed by atoms with van der Waals surface area (Å²) in [6.07, 6.45) is 2.68. The lowest BCUT2D eigenvalue weighted by molar-refractivity contribution is 0.287. The highest BCUT2D eigenvalue weighted by Gasteiger charge is 2.25. The van der Waals surface area contributed by atoms with Crippen molar-refractivity contribution < 1.29 is 4.52 Å². The number of hydrazone groups is 1. The number of rotatable bonds is 1. The third-order valence-electron chi connectivity index (χ3n) is 2.41. The van der Waals surface area contributed by atoms with Crippen molar-refractivity contribution in [2.75, 3.05) is 7.05 Å². The maximum Gasteiger partial charge on any atom is 0.129 e. The zero-order valence-corrected chi connectivity index (χ0v) is 8.11. The number of hydrogen-bond donors (Lipinski definition) is 0. The number of aryl methyl sites for hydroxylation is 1. The minimum atomic E-state index is 0.311. The van der Waals surface area contributed by atoms with Crippen molar-refractivity contribution in [2.45, 2.75) is 26.3 Å².